The molecular weight excluding hydrogens is 424 g/mol. The van der Waals surface area contributed by atoms with Crippen molar-refractivity contribution in [3.63, 3.8) is 0 Å². The second kappa shape index (κ2) is 8.85. The number of rotatable bonds is 11. The van der Waals surface area contributed by atoms with Crippen molar-refractivity contribution < 1.29 is 49.8 Å². The molecule has 28 heavy (non-hydrogen) atoms. The molecule has 0 bridgehead atoms. The van der Waals surface area contributed by atoms with E-state index < -0.39 is 61.5 Å². The molecule has 1 aromatic rings. The largest absolute Gasteiger partial charge is 0.478 e. The smallest absolute Gasteiger partial charge is 0.378 e. The van der Waals surface area contributed by atoms with Crippen LogP contribution in [0, 0.1) is 0 Å². The average molecular weight is 440 g/mol. The number of hydrogen-bond acceptors (Lipinski definition) is 3. The van der Waals surface area contributed by atoms with Gasteiger partial charge in [-0.05, 0) is 23.4 Å². The number of benzene rings is 1. The fourth-order valence-corrected chi connectivity index (χ4v) is 2.33. The van der Waals surface area contributed by atoms with Gasteiger partial charge < -0.3 is 9.84 Å². The number of aromatic carboxylic acids is 1. The lowest BCUT2D eigenvalue weighted by Gasteiger charge is -2.36. The summed E-state index contributed by atoms with van der Waals surface area (Å²) in [6, 6.07) is 4.88. The normalized spacial score (nSPS) is 13.6. The third kappa shape index (κ3) is 5.07. The van der Waals surface area contributed by atoms with E-state index in [0.29, 0.717) is 5.56 Å². The molecule has 0 heterocycles. The molecule has 1 aromatic carbocycles. The number of hydrogen-bond donors (Lipinski definition) is 2. The number of halogens is 8. The number of ether oxygens (including phenoxy) is 1. The second-order valence-corrected chi connectivity index (χ2v) is 6.28. The summed E-state index contributed by atoms with van der Waals surface area (Å²) in [5, 5.41) is 8.71. The number of carboxylic acids is 1. The number of carbonyl (C=O) groups is 1. The van der Waals surface area contributed by atoms with E-state index >= 15 is 0 Å². The molecule has 0 spiro atoms. The van der Waals surface area contributed by atoms with Gasteiger partial charge in [0.25, 0.3) is 0 Å². The Bertz CT molecular complexity index is 664. The minimum Gasteiger partial charge on any atom is -0.478 e. The van der Waals surface area contributed by atoms with Crippen molar-refractivity contribution in [2.45, 2.75) is 43.1 Å². The predicted octanol–water partition coefficient (Wildman–Crippen LogP) is 5.15. The molecule has 0 aliphatic heterocycles. The van der Waals surface area contributed by atoms with Gasteiger partial charge in [0.05, 0.1) is 18.8 Å². The van der Waals surface area contributed by atoms with Crippen LogP contribution in [0.2, 0.25) is 0 Å². The summed E-state index contributed by atoms with van der Waals surface area (Å²) in [7, 11) is 0. The van der Waals surface area contributed by atoms with Crippen LogP contribution in [0.5, 0.6) is 0 Å². The van der Waals surface area contributed by atoms with Gasteiger partial charge in [0.1, 0.15) is 0 Å². The highest BCUT2D eigenvalue weighted by atomic mass is 32.1. The van der Waals surface area contributed by atoms with Crippen LogP contribution in [-0.2, 0) is 11.3 Å². The first-order chi connectivity index (χ1) is 12.7. The Morgan fingerprint density at radius 2 is 1.36 bits per heavy atom. The van der Waals surface area contributed by atoms with Crippen LogP contribution in [0.15, 0.2) is 24.3 Å². The second-order valence-electron chi connectivity index (χ2n) is 5.84. The Morgan fingerprint density at radius 3 is 1.79 bits per heavy atom. The van der Waals surface area contributed by atoms with E-state index in [0.717, 1.165) is 0 Å². The van der Waals surface area contributed by atoms with Crippen LogP contribution in [0.25, 0.3) is 0 Å². The van der Waals surface area contributed by atoms with Gasteiger partial charge in [-0.25, -0.2) is 4.79 Å². The van der Waals surface area contributed by atoms with E-state index in [1.54, 1.807) is 0 Å². The molecule has 160 valence electrons. The summed E-state index contributed by atoms with van der Waals surface area (Å²) in [5.41, 5.74) is 0.227. The van der Waals surface area contributed by atoms with Crippen LogP contribution >= 0.6 is 12.6 Å². The monoisotopic (exact) mass is 440 g/mol. The maximum atomic E-state index is 13.6. The van der Waals surface area contributed by atoms with Gasteiger partial charge >= 0.3 is 29.7 Å². The summed E-state index contributed by atoms with van der Waals surface area (Å²) in [5.74, 6) is -25.6. The fourth-order valence-electron chi connectivity index (χ4n) is 2.05. The topological polar surface area (TPSA) is 46.5 Å². The summed E-state index contributed by atoms with van der Waals surface area (Å²) in [6.07, 6.45) is -3.74. The Labute approximate surface area is 160 Å². The zero-order valence-corrected chi connectivity index (χ0v) is 15.0. The van der Waals surface area contributed by atoms with Crippen molar-refractivity contribution in [1.29, 1.82) is 0 Å². The minimum absolute atomic E-state index is 0.0701. The zero-order chi connectivity index (χ0) is 21.8. The summed E-state index contributed by atoms with van der Waals surface area (Å²) < 4.78 is 112. The van der Waals surface area contributed by atoms with Crippen LogP contribution in [0.1, 0.15) is 28.8 Å². The van der Waals surface area contributed by atoms with E-state index in [1.165, 1.54) is 24.3 Å². The van der Waals surface area contributed by atoms with Crippen molar-refractivity contribution >= 4 is 18.6 Å². The minimum atomic E-state index is -6.32. The van der Waals surface area contributed by atoms with Crippen LogP contribution in [0.4, 0.5) is 35.1 Å². The number of carboxylic acid groups (broad SMARTS) is 1. The van der Waals surface area contributed by atoms with Crippen molar-refractivity contribution in [3.8, 4) is 0 Å². The number of thiol groups is 1. The van der Waals surface area contributed by atoms with E-state index in [2.05, 4.69) is 12.6 Å². The Kier molecular flexibility index (Phi) is 7.74. The quantitative estimate of drug-likeness (QED) is 0.284. The molecule has 3 nitrogen and oxygen atoms in total. The third-order valence-electron chi connectivity index (χ3n) is 3.77. The molecule has 0 saturated carbocycles. The van der Waals surface area contributed by atoms with Gasteiger partial charge in [-0.2, -0.15) is 47.8 Å². The standard InChI is InChI=1S/C16H16F8O3S/c17-13(18,15(21,22)16(23,24)14(19,20)6-8-28)5-7-27-9-10-1-3-11(4-2-10)12(25)26/h1-4,28H,5-9H2,(H,25,26). The molecule has 0 fully saturated rings. The van der Waals surface area contributed by atoms with Crippen LogP contribution in [-0.4, -0.2) is 47.1 Å². The molecule has 12 heteroatoms. The van der Waals surface area contributed by atoms with Crippen molar-refractivity contribution in [2.24, 2.45) is 0 Å². The molecule has 0 aliphatic carbocycles. The van der Waals surface area contributed by atoms with Gasteiger partial charge in [0.15, 0.2) is 0 Å². The fraction of sp³-hybridized carbons (Fsp3) is 0.562. The molecular formula is C16H16F8O3S. The van der Waals surface area contributed by atoms with Crippen molar-refractivity contribution in [2.75, 3.05) is 12.4 Å². The molecule has 0 amide bonds. The lowest BCUT2D eigenvalue weighted by atomic mass is 9.95. The highest BCUT2D eigenvalue weighted by molar-refractivity contribution is 7.80. The van der Waals surface area contributed by atoms with Crippen LogP contribution < -0.4 is 0 Å². The molecule has 1 rings (SSSR count). The maximum absolute atomic E-state index is 13.6. The van der Waals surface area contributed by atoms with Gasteiger partial charge in [0, 0.05) is 12.8 Å². The molecule has 0 radical (unpaired) electrons. The predicted molar refractivity (Wildman–Crippen MR) is 85.9 cm³/mol. The average Bonchev–Trinajstić information content (AvgIpc) is 2.58. The summed E-state index contributed by atoms with van der Waals surface area (Å²) in [4.78, 5) is 10.7. The zero-order valence-electron chi connectivity index (χ0n) is 14.1. The molecule has 1 N–H and O–H groups in total. The summed E-state index contributed by atoms with van der Waals surface area (Å²) in [6.45, 7) is -1.54. The first kappa shape index (κ1) is 24.5. The highest BCUT2D eigenvalue weighted by Gasteiger charge is 2.79. The number of alkyl halides is 8. The highest BCUT2D eigenvalue weighted by Crippen LogP contribution is 2.54. The van der Waals surface area contributed by atoms with E-state index in [9.17, 15) is 39.9 Å². The maximum Gasteiger partial charge on any atom is 0.378 e. The molecule has 0 atom stereocenters. The third-order valence-corrected chi connectivity index (χ3v) is 3.99. The van der Waals surface area contributed by atoms with Crippen molar-refractivity contribution in [1.82, 2.24) is 0 Å². The molecule has 0 unspecified atom stereocenters. The summed E-state index contributed by atoms with van der Waals surface area (Å²) >= 11 is 3.24. The lowest BCUT2D eigenvalue weighted by molar-refractivity contribution is -0.367. The SMILES string of the molecule is O=C(O)c1ccc(COCCC(F)(F)C(F)(F)C(F)(F)C(F)(F)CCS)cc1. The lowest BCUT2D eigenvalue weighted by Crippen LogP contribution is -2.62. The molecule has 0 aliphatic rings. The van der Waals surface area contributed by atoms with Gasteiger partial charge in [-0.15, -0.1) is 0 Å². The Morgan fingerprint density at radius 1 is 0.893 bits per heavy atom. The Balaban J connectivity index is 2.72. The molecule has 0 saturated heterocycles. The van der Waals surface area contributed by atoms with Gasteiger partial charge in [0.2, 0.25) is 0 Å². The first-order valence-electron chi connectivity index (χ1n) is 7.72. The van der Waals surface area contributed by atoms with Gasteiger partial charge in [-0.1, -0.05) is 12.1 Å². The van der Waals surface area contributed by atoms with Crippen molar-refractivity contribution in [3.05, 3.63) is 35.4 Å². The van der Waals surface area contributed by atoms with E-state index in [4.69, 9.17) is 9.84 Å². The first-order valence-corrected chi connectivity index (χ1v) is 8.35. The van der Waals surface area contributed by atoms with E-state index in [1.807, 2.05) is 0 Å². The Hall–Kier alpha value is -1.56. The van der Waals surface area contributed by atoms with Crippen LogP contribution in [0.3, 0.4) is 0 Å². The van der Waals surface area contributed by atoms with E-state index in [-0.39, 0.29) is 5.56 Å². The molecule has 0 aromatic heterocycles. The van der Waals surface area contributed by atoms with Gasteiger partial charge in [-0.3, -0.25) is 0 Å².